The predicted octanol–water partition coefficient (Wildman–Crippen LogP) is 1.17. The molecule has 1 saturated heterocycles. The van der Waals surface area contributed by atoms with Crippen LogP contribution in [0.3, 0.4) is 0 Å². The van der Waals surface area contributed by atoms with Crippen LogP contribution >= 0.6 is 0 Å². The Balaban J connectivity index is 2.36. The van der Waals surface area contributed by atoms with Crippen molar-refractivity contribution in [1.29, 1.82) is 0 Å². The molecule has 6 nitrogen and oxygen atoms in total. The molecule has 0 aromatic carbocycles. The summed E-state index contributed by atoms with van der Waals surface area (Å²) in [5, 5.41) is 9.32. The molecule has 1 unspecified atom stereocenters. The third kappa shape index (κ3) is 2.14. The largest absolute Gasteiger partial charge is 0.480 e. The molecule has 0 bridgehead atoms. The molecule has 0 spiro atoms. The maximum Gasteiger partial charge on any atom is 0.329 e. The van der Waals surface area contributed by atoms with Crippen molar-refractivity contribution in [3.05, 3.63) is 23.9 Å². The molecule has 0 radical (unpaired) electrons. The highest BCUT2D eigenvalue weighted by atomic mass is 16.5. The Morgan fingerprint density at radius 2 is 2.26 bits per heavy atom. The molecule has 19 heavy (non-hydrogen) atoms. The van der Waals surface area contributed by atoms with Gasteiger partial charge in [0.2, 0.25) is 5.88 Å². The van der Waals surface area contributed by atoms with Gasteiger partial charge in [0.15, 0.2) is 0 Å². The number of likely N-dealkylation sites (tertiary alicyclic amines) is 1. The van der Waals surface area contributed by atoms with Crippen LogP contribution in [0, 0.1) is 0 Å². The third-order valence-corrected chi connectivity index (χ3v) is 3.54. The molecule has 1 aliphatic rings. The first-order valence-electron chi connectivity index (χ1n) is 6.05. The minimum atomic E-state index is -1.15. The topological polar surface area (TPSA) is 79.7 Å². The van der Waals surface area contributed by atoms with Gasteiger partial charge in [-0.3, -0.25) is 4.79 Å². The number of pyridine rings is 1. The average Bonchev–Trinajstić information content (AvgIpc) is 2.81. The maximum absolute atomic E-state index is 12.5. The molecular formula is C13H16N2O4. The van der Waals surface area contributed by atoms with Crippen molar-refractivity contribution < 1.29 is 19.4 Å². The smallest absolute Gasteiger partial charge is 0.329 e. The first-order chi connectivity index (χ1) is 9.00. The highest BCUT2D eigenvalue weighted by Crippen LogP contribution is 2.32. The molecule has 1 aromatic rings. The third-order valence-electron chi connectivity index (χ3n) is 3.54. The van der Waals surface area contributed by atoms with E-state index in [2.05, 4.69) is 4.98 Å². The monoisotopic (exact) mass is 264 g/mol. The Bertz CT molecular complexity index is 517. The molecule has 1 atom stereocenters. The molecule has 1 aromatic heterocycles. The zero-order valence-corrected chi connectivity index (χ0v) is 10.9. The second-order valence-corrected chi connectivity index (χ2v) is 4.70. The van der Waals surface area contributed by atoms with E-state index in [0.29, 0.717) is 24.9 Å². The maximum atomic E-state index is 12.5. The summed E-state index contributed by atoms with van der Waals surface area (Å²) in [4.78, 5) is 29.2. The Hall–Kier alpha value is -2.11. The number of carboxylic acids is 1. The van der Waals surface area contributed by atoms with Crippen LogP contribution in [0.2, 0.25) is 0 Å². The van der Waals surface area contributed by atoms with E-state index >= 15 is 0 Å². The van der Waals surface area contributed by atoms with Crippen molar-refractivity contribution in [1.82, 2.24) is 9.88 Å². The van der Waals surface area contributed by atoms with Crippen LogP contribution in [0.5, 0.6) is 5.88 Å². The Labute approximate surface area is 111 Å². The van der Waals surface area contributed by atoms with Crippen molar-refractivity contribution in [2.45, 2.75) is 25.3 Å². The summed E-state index contributed by atoms with van der Waals surface area (Å²) in [6, 6.07) is 3.22. The first kappa shape index (κ1) is 13.3. The van der Waals surface area contributed by atoms with Gasteiger partial charge >= 0.3 is 5.97 Å². The van der Waals surface area contributed by atoms with Crippen molar-refractivity contribution in [2.24, 2.45) is 0 Å². The van der Waals surface area contributed by atoms with Crippen molar-refractivity contribution >= 4 is 11.9 Å². The molecule has 2 rings (SSSR count). The zero-order valence-electron chi connectivity index (χ0n) is 10.9. The van der Waals surface area contributed by atoms with Crippen LogP contribution in [0.4, 0.5) is 0 Å². The van der Waals surface area contributed by atoms with E-state index in [0.717, 1.165) is 0 Å². The molecule has 2 heterocycles. The van der Waals surface area contributed by atoms with Gasteiger partial charge in [0.1, 0.15) is 11.1 Å². The minimum absolute atomic E-state index is 0.215. The lowest BCUT2D eigenvalue weighted by Crippen LogP contribution is -2.50. The summed E-state index contributed by atoms with van der Waals surface area (Å²) in [6.45, 7) is 2.00. The normalized spacial score (nSPS) is 22.3. The lowest BCUT2D eigenvalue weighted by molar-refractivity contribution is -0.147. The van der Waals surface area contributed by atoms with E-state index in [1.54, 1.807) is 19.1 Å². The first-order valence-corrected chi connectivity index (χ1v) is 6.05. The average molecular weight is 264 g/mol. The van der Waals surface area contributed by atoms with Crippen molar-refractivity contribution in [3.8, 4) is 5.88 Å². The number of carbonyl (C=O) groups is 2. The molecule has 1 aliphatic heterocycles. The quantitative estimate of drug-likeness (QED) is 0.886. The number of ether oxygens (including phenoxy) is 1. The van der Waals surface area contributed by atoms with E-state index in [9.17, 15) is 14.7 Å². The van der Waals surface area contributed by atoms with E-state index in [1.807, 2.05) is 0 Å². The molecule has 0 aliphatic carbocycles. The van der Waals surface area contributed by atoms with Crippen molar-refractivity contribution in [2.75, 3.05) is 13.7 Å². The fourth-order valence-corrected chi connectivity index (χ4v) is 2.37. The van der Waals surface area contributed by atoms with Gasteiger partial charge in [-0.15, -0.1) is 0 Å². The number of nitrogens with zero attached hydrogens (tertiary/aromatic N) is 2. The lowest BCUT2D eigenvalue weighted by Gasteiger charge is -2.31. The summed E-state index contributed by atoms with van der Waals surface area (Å²) in [5.74, 6) is -1.12. The summed E-state index contributed by atoms with van der Waals surface area (Å²) >= 11 is 0. The molecule has 0 saturated carbocycles. The Morgan fingerprint density at radius 1 is 1.53 bits per heavy atom. The van der Waals surface area contributed by atoms with Gasteiger partial charge in [0.25, 0.3) is 5.91 Å². The number of methoxy groups -OCH3 is 1. The van der Waals surface area contributed by atoms with Gasteiger partial charge in [-0.1, -0.05) is 0 Å². The number of amides is 1. The van der Waals surface area contributed by atoms with E-state index in [1.165, 1.54) is 18.2 Å². The van der Waals surface area contributed by atoms with Gasteiger partial charge in [0.05, 0.1) is 7.11 Å². The summed E-state index contributed by atoms with van der Waals surface area (Å²) in [5.41, 5.74) is -0.864. The van der Waals surface area contributed by atoms with Crippen LogP contribution in [-0.2, 0) is 4.79 Å². The minimum Gasteiger partial charge on any atom is -0.480 e. The van der Waals surface area contributed by atoms with Gasteiger partial charge < -0.3 is 14.7 Å². The highest BCUT2D eigenvalue weighted by molar-refractivity contribution is 5.99. The van der Waals surface area contributed by atoms with Gasteiger partial charge in [-0.25, -0.2) is 9.78 Å². The fourth-order valence-electron chi connectivity index (χ4n) is 2.37. The Kier molecular flexibility index (Phi) is 3.42. The number of hydrogen-bond acceptors (Lipinski definition) is 4. The molecule has 6 heteroatoms. The molecule has 102 valence electrons. The van der Waals surface area contributed by atoms with Crippen LogP contribution in [0.15, 0.2) is 18.3 Å². The highest BCUT2D eigenvalue weighted by Gasteiger charge is 2.46. The number of rotatable bonds is 3. The zero-order chi connectivity index (χ0) is 14.0. The second kappa shape index (κ2) is 4.87. The number of aromatic nitrogens is 1. The standard InChI is InChI=1S/C13H16N2O4/c1-13(12(17)18)6-4-8-15(13)11(16)9-5-3-7-14-10(9)19-2/h3,5,7H,4,6,8H2,1-2H3,(H,17,18). The van der Waals surface area contributed by atoms with Gasteiger partial charge in [-0.05, 0) is 31.9 Å². The Morgan fingerprint density at radius 3 is 2.89 bits per heavy atom. The van der Waals surface area contributed by atoms with Crippen LogP contribution in [-0.4, -0.2) is 46.1 Å². The van der Waals surface area contributed by atoms with Crippen LogP contribution in [0.1, 0.15) is 30.1 Å². The molecule has 1 N–H and O–H groups in total. The number of carbonyl (C=O) groups excluding carboxylic acids is 1. The number of aliphatic carboxylic acids is 1. The second-order valence-electron chi connectivity index (χ2n) is 4.70. The number of hydrogen-bond donors (Lipinski definition) is 1. The fraction of sp³-hybridized carbons (Fsp3) is 0.462. The van der Waals surface area contributed by atoms with E-state index in [-0.39, 0.29) is 11.8 Å². The molecule has 1 fully saturated rings. The summed E-state index contributed by atoms with van der Waals surface area (Å²) in [7, 11) is 1.43. The van der Waals surface area contributed by atoms with Gasteiger partial charge in [-0.2, -0.15) is 0 Å². The molecular weight excluding hydrogens is 248 g/mol. The van der Waals surface area contributed by atoms with Crippen molar-refractivity contribution in [3.63, 3.8) is 0 Å². The van der Waals surface area contributed by atoms with E-state index in [4.69, 9.17) is 4.74 Å². The van der Waals surface area contributed by atoms with E-state index < -0.39 is 11.5 Å². The summed E-state index contributed by atoms with van der Waals surface area (Å²) < 4.78 is 5.05. The lowest BCUT2D eigenvalue weighted by atomic mass is 9.98. The number of carboxylic acid groups (broad SMARTS) is 1. The van der Waals surface area contributed by atoms with Gasteiger partial charge in [0, 0.05) is 12.7 Å². The SMILES string of the molecule is COc1ncccc1C(=O)N1CCCC1(C)C(=O)O. The van der Waals surface area contributed by atoms with Crippen LogP contribution in [0.25, 0.3) is 0 Å². The molecule has 1 amide bonds. The summed E-state index contributed by atoms with van der Waals surface area (Å²) in [6.07, 6.45) is 2.66. The predicted molar refractivity (Wildman–Crippen MR) is 67.1 cm³/mol. The van der Waals surface area contributed by atoms with Crippen LogP contribution < -0.4 is 4.74 Å².